The van der Waals surface area contributed by atoms with Crippen LogP contribution in [-0.4, -0.2) is 20.4 Å². The van der Waals surface area contributed by atoms with Crippen molar-refractivity contribution in [3.8, 4) is 0 Å². The third-order valence-electron chi connectivity index (χ3n) is 3.53. The Kier molecular flexibility index (Phi) is 2.42. The van der Waals surface area contributed by atoms with E-state index < -0.39 is 0 Å². The maximum absolute atomic E-state index is 11.6. The predicted molar refractivity (Wildman–Crippen MR) is 64.2 cm³/mol. The SMILES string of the molecule is CC(=O)c1cccc2nnc(C3CCCC3)n12. The van der Waals surface area contributed by atoms with Crippen LogP contribution >= 0.6 is 0 Å². The first-order valence-electron chi connectivity index (χ1n) is 6.12. The van der Waals surface area contributed by atoms with Gasteiger partial charge in [0.25, 0.3) is 0 Å². The van der Waals surface area contributed by atoms with Gasteiger partial charge in [-0.1, -0.05) is 18.9 Å². The lowest BCUT2D eigenvalue weighted by Crippen LogP contribution is -2.08. The normalized spacial score (nSPS) is 16.8. The number of rotatable bonds is 2. The van der Waals surface area contributed by atoms with E-state index >= 15 is 0 Å². The van der Waals surface area contributed by atoms with E-state index in [1.807, 2.05) is 22.6 Å². The number of hydrogen-bond donors (Lipinski definition) is 0. The van der Waals surface area contributed by atoms with Crippen LogP contribution in [0.4, 0.5) is 0 Å². The Labute approximate surface area is 99.7 Å². The number of nitrogens with zero attached hydrogens (tertiary/aromatic N) is 3. The molecule has 0 bridgehead atoms. The van der Waals surface area contributed by atoms with Crippen molar-refractivity contribution in [2.24, 2.45) is 0 Å². The molecule has 0 N–H and O–H groups in total. The lowest BCUT2D eigenvalue weighted by molar-refractivity contribution is 0.101. The maximum atomic E-state index is 11.6. The number of carbonyl (C=O) groups excluding carboxylic acids is 1. The molecule has 2 aromatic heterocycles. The fourth-order valence-electron chi connectivity index (χ4n) is 2.69. The molecule has 0 spiro atoms. The van der Waals surface area contributed by atoms with Gasteiger partial charge in [-0.3, -0.25) is 9.20 Å². The van der Waals surface area contributed by atoms with Crippen LogP contribution in [-0.2, 0) is 0 Å². The summed E-state index contributed by atoms with van der Waals surface area (Å²) in [5, 5.41) is 8.45. The van der Waals surface area contributed by atoms with Gasteiger partial charge < -0.3 is 0 Å². The van der Waals surface area contributed by atoms with Crippen molar-refractivity contribution in [1.29, 1.82) is 0 Å². The molecule has 0 aromatic carbocycles. The lowest BCUT2D eigenvalue weighted by Gasteiger charge is -2.09. The molecule has 88 valence electrons. The van der Waals surface area contributed by atoms with Gasteiger partial charge >= 0.3 is 0 Å². The van der Waals surface area contributed by atoms with Crippen LogP contribution < -0.4 is 0 Å². The zero-order chi connectivity index (χ0) is 11.8. The van der Waals surface area contributed by atoms with Crippen LogP contribution in [0.25, 0.3) is 5.65 Å². The highest BCUT2D eigenvalue weighted by molar-refractivity contribution is 5.93. The molecular formula is C13H15N3O. The zero-order valence-electron chi connectivity index (χ0n) is 9.89. The molecule has 1 aliphatic rings. The zero-order valence-corrected chi connectivity index (χ0v) is 9.89. The van der Waals surface area contributed by atoms with Crippen LogP contribution in [0.15, 0.2) is 18.2 Å². The first kappa shape index (κ1) is 10.4. The Bertz CT molecular complexity index is 567. The third kappa shape index (κ3) is 1.64. The van der Waals surface area contributed by atoms with E-state index in [2.05, 4.69) is 10.2 Å². The van der Waals surface area contributed by atoms with Crippen LogP contribution in [0.2, 0.25) is 0 Å². The number of pyridine rings is 1. The first-order chi connectivity index (χ1) is 8.27. The van der Waals surface area contributed by atoms with Crippen LogP contribution in [0.3, 0.4) is 0 Å². The van der Waals surface area contributed by atoms with Crippen molar-refractivity contribution in [1.82, 2.24) is 14.6 Å². The summed E-state index contributed by atoms with van der Waals surface area (Å²) in [6.07, 6.45) is 4.82. The smallest absolute Gasteiger partial charge is 0.176 e. The first-order valence-corrected chi connectivity index (χ1v) is 6.12. The van der Waals surface area contributed by atoms with E-state index in [-0.39, 0.29) is 5.78 Å². The van der Waals surface area contributed by atoms with Crippen molar-refractivity contribution in [2.45, 2.75) is 38.5 Å². The highest BCUT2D eigenvalue weighted by atomic mass is 16.1. The van der Waals surface area contributed by atoms with Gasteiger partial charge in [-0.15, -0.1) is 10.2 Å². The Morgan fingerprint density at radius 1 is 1.29 bits per heavy atom. The molecule has 0 saturated heterocycles. The quantitative estimate of drug-likeness (QED) is 0.743. The van der Waals surface area contributed by atoms with Gasteiger partial charge in [0.1, 0.15) is 5.82 Å². The lowest BCUT2D eigenvalue weighted by atomic mass is 10.1. The van der Waals surface area contributed by atoms with Gasteiger partial charge in [0.15, 0.2) is 11.4 Å². The van der Waals surface area contributed by atoms with Crippen molar-refractivity contribution < 1.29 is 4.79 Å². The Morgan fingerprint density at radius 3 is 2.76 bits per heavy atom. The molecule has 0 unspecified atom stereocenters. The molecule has 0 amide bonds. The molecule has 2 aromatic rings. The summed E-state index contributed by atoms with van der Waals surface area (Å²) in [5.41, 5.74) is 1.47. The molecule has 4 heteroatoms. The van der Waals surface area contributed by atoms with Crippen LogP contribution in [0.1, 0.15) is 54.8 Å². The summed E-state index contributed by atoms with van der Waals surface area (Å²) in [6, 6.07) is 5.61. The number of fused-ring (bicyclic) bond motifs is 1. The fourth-order valence-corrected chi connectivity index (χ4v) is 2.69. The fraction of sp³-hybridized carbons (Fsp3) is 0.462. The molecule has 1 saturated carbocycles. The summed E-state index contributed by atoms with van der Waals surface area (Å²) in [7, 11) is 0. The Hall–Kier alpha value is -1.71. The minimum absolute atomic E-state index is 0.0645. The molecular weight excluding hydrogens is 214 g/mol. The summed E-state index contributed by atoms with van der Waals surface area (Å²) < 4.78 is 1.93. The number of carbonyl (C=O) groups is 1. The molecule has 1 aliphatic carbocycles. The molecule has 17 heavy (non-hydrogen) atoms. The average Bonchev–Trinajstić information content (AvgIpc) is 2.96. The predicted octanol–water partition coefficient (Wildman–Crippen LogP) is 2.59. The number of ketones is 1. The monoisotopic (exact) mass is 229 g/mol. The summed E-state index contributed by atoms with van der Waals surface area (Å²) in [5.74, 6) is 1.49. The minimum Gasteiger partial charge on any atom is -0.293 e. The van der Waals surface area contributed by atoms with Crippen molar-refractivity contribution >= 4 is 11.4 Å². The van der Waals surface area contributed by atoms with Crippen molar-refractivity contribution in [2.75, 3.05) is 0 Å². The topological polar surface area (TPSA) is 47.3 Å². The van der Waals surface area contributed by atoms with Gasteiger partial charge in [0.05, 0.1) is 5.69 Å². The van der Waals surface area contributed by atoms with Gasteiger partial charge in [-0.05, 0) is 25.0 Å². The summed E-state index contributed by atoms with van der Waals surface area (Å²) in [6.45, 7) is 1.59. The second-order valence-corrected chi connectivity index (χ2v) is 4.70. The highest BCUT2D eigenvalue weighted by Gasteiger charge is 2.23. The van der Waals surface area contributed by atoms with Gasteiger partial charge in [0, 0.05) is 12.8 Å². The van der Waals surface area contributed by atoms with Gasteiger partial charge in [-0.2, -0.15) is 0 Å². The second kappa shape index (κ2) is 3.95. The minimum atomic E-state index is 0.0645. The molecule has 4 nitrogen and oxygen atoms in total. The Morgan fingerprint density at radius 2 is 2.06 bits per heavy atom. The van der Waals surface area contributed by atoms with E-state index in [1.54, 1.807) is 6.92 Å². The van der Waals surface area contributed by atoms with Crippen LogP contribution in [0.5, 0.6) is 0 Å². The molecule has 1 fully saturated rings. The van der Waals surface area contributed by atoms with E-state index in [0.29, 0.717) is 11.6 Å². The molecule has 2 heterocycles. The van der Waals surface area contributed by atoms with Crippen LogP contribution in [0, 0.1) is 0 Å². The Balaban J connectivity index is 2.21. The second-order valence-electron chi connectivity index (χ2n) is 4.70. The number of hydrogen-bond acceptors (Lipinski definition) is 3. The van der Waals surface area contributed by atoms with Gasteiger partial charge in [-0.25, -0.2) is 0 Å². The molecule has 0 aliphatic heterocycles. The molecule has 3 rings (SSSR count). The largest absolute Gasteiger partial charge is 0.293 e. The van der Waals surface area contributed by atoms with E-state index in [0.717, 1.165) is 24.3 Å². The van der Waals surface area contributed by atoms with Gasteiger partial charge in [0.2, 0.25) is 0 Å². The highest BCUT2D eigenvalue weighted by Crippen LogP contribution is 2.33. The third-order valence-corrected chi connectivity index (χ3v) is 3.53. The maximum Gasteiger partial charge on any atom is 0.176 e. The molecule has 0 radical (unpaired) electrons. The van der Waals surface area contributed by atoms with Crippen molar-refractivity contribution in [3.05, 3.63) is 29.7 Å². The molecule has 0 atom stereocenters. The number of aromatic nitrogens is 3. The van der Waals surface area contributed by atoms with E-state index in [9.17, 15) is 4.79 Å². The number of Topliss-reactive ketones (excluding diaryl/α,β-unsaturated/α-hetero) is 1. The summed E-state index contributed by atoms with van der Waals surface area (Å²) >= 11 is 0. The van der Waals surface area contributed by atoms with E-state index in [4.69, 9.17) is 0 Å². The van der Waals surface area contributed by atoms with Crippen molar-refractivity contribution in [3.63, 3.8) is 0 Å². The summed E-state index contributed by atoms with van der Waals surface area (Å²) in [4.78, 5) is 11.6. The van der Waals surface area contributed by atoms with E-state index in [1.165, 1.54) is 12.8 Å². The average molecular weight is 229 g/mol. The standard InChI is InChI=1S/C13H15N3O/c1-9(17)11-7-4-8-12-14-15-13(16(11)12)10-5-2-3-6-10/h4,7-8,10H,2-3,5-6H2,1H3.